The number of nitrogens with zero attached hydrogens (tertiary/aromatic N) is 1. The van der Waals surface area contributed by atoms with Crippen LogP contribution in [-0.4, -0.2) is 39.2 Å². The van der Waals surface area contributed by atoms with Crippen LogP contribution in [0.5, 0.6) is 0 Å². The van der Waals surface area contributed by atoms with E-state index in [9.17, 15) is 4.79 Å². The predicted octanol–water partition coefficient (Wildman–Crippen LogP) is 9.10. The van der Waals surface area contributed by atoms with E-state index in [2.05, 4.69) is 23.9 Å². The quantitative estimate of drug-likeness (QED) is 0.106. The van der Waals surface area contributed by atoms with E-state index in [-0.39, 0.29) is 12.3 Å². The molecular formula is C31H39Cl3N4O. The molecule has 210 valence electrons. The van der Waals surface area contributed by atoms with Gasteiger partial charge in [-0.25, -0.2) is 0 Å². The number of nitrogens with one attached hydrogen (secondary N) is 3. The molecule has 0 aliphatic rings. The highest BCUT2D eigenvalue weighted by Gasteiger charge is 2.15. The average molecular weight is 590 g/mol. The van der Waals surface area contributed by atoms with Gasteiger partial charge in [0, 0.05) is 41.4 Å². The van der Waals surface area contributed by atoms with Gasteiger partial charge in [0.05, 0.1) is 22.9 Å². The first-order chi connectivity index (χ1) is 18.8. The van der Waals surface area contributed by atoms with Crippen LogP contribution in [0.3, 0.4) is 0 Å². The van der Waals surface area contributed by atoms with Crippen LogP contribution in [0.4, 0.5) is 11.4 Å². The average Bonchev–Trinajstić information content (AvgIpc) is 2.95. The van der Waals surface area contributed by atoms with E-state index in [1.165, 1.54) is 0 Å². The highest BCUT2D eigenvalue weighted by Crippen LogP contribution is 2.32. The van der Waals surface area contributed by atoms with Gasteiger partial charge >= 0.3 is 0 Å². The lowest BCUT2D eigenvalue weighted by Crippen LogP contribution is -2.26. The molecule has 0 heterocycles. The van der Waals surface area contributed by atoms with Crippen molar-refractivity contribution in [3.05, 3.63) is 99.5 Å². The van der Waals surface area contributed by atoms with Crippen molar-refractivity contribution in [1.82, 2.24) is 5.32 Å². The molecule has 0 atom stereocenters. The third-order valence-electron chi connectivity index (χ3n) is 5.64. The van der Waals surface area contributed by atoms with Gasteiger partial charge in [0.15, 0.2) is 5.78 Å². The number of Topliss-reactive ketones (excluding diaryl/α,β-unsaturated/α-hetero) is 1. The minimum atomic E-state index is 0.0165. The van der Waals surface area contributed by atoms with Gasteiger partial charge in [-0.2, -0.15) is 0 Å². The number of anilines is 2. The molecule has 0 aromatic heterocycles. The number of carbonyl (C=O) groups excluding carboxylic acids is 1. The minimum absolute atomic E-state index is 0.0165. The molecule has 3 rings (SSSR count). The standard InChI is InChI=1S/C28H30Cl3N3O.C2H6.CH3N/c1-20(21-9-13-23(29)14-10-21)32-17-4-3-5-18-33-28-25(31)7-6-8-26(28)34(2)19-27(35)22-11-15-24(30)16-12-22;2*1-2/h6-16,32-33H,1,3-5,17-19H2,2H3;1-2H3;2H,1H2. The molecule has 5 nitrogen and oxygen atoms in total. The van der Waals surface area contributed by atoms with E-state index >= 15 is 0 Å². The van der Waals surface area contributed by atoms with Crippen LogP contribution in [0.25, 0.3) is 5.70 Å². The van der Waals surface area contributed by atoms with E-state index in [1.54, 1.807) is 24.3 Å². The molecule has 0 radical (unpaired) electrons. The maximum Gasteiger partial charge on any atom is 0.182 e. The fraction of sp³-hybridized carbons (Fsp3) is 0.290. The van der Waals surface area contributed by atoms with Crippen LogP contribution in [0, 0.1) is 5.41 Å². The second-order valence-electron chi connectivity index (χ2n) is 8.32. The smallest absolute Gasteiger partial charge is 0.182 e. The first kappa shape index (κ1) is 34.0. The second kappa shape index (κ2) is 19.1. The van der Waals surface area contributed by atoms with Crippen molar-refractivity contribution in [3.8, 4) is 0 Å². The Hall–Kier alpha value is -2.99. The van der Waals surface area contributed by atoms with Gasteiger partial charge < -0.3 is 20.9 Å². The van der Waals surface area contributed by atoms with E-state index in [1.807, 2.05) is 68.3 Å². The summed E-state index contributed by atoms with van der Waals surface area (Å²) in [6.07, 6.45) is 3.07. The molecule has 3 aromatic carbocycles. The maximum absolute atomic E-state index is 12.7. The molecule has 39 heavy (non-hydrogen) atoms. The van der Waals surface area contributed by atoms with Crippen LogP contribution in [0.15, 0.2) is 73.3 Å². The Kier molecular flexibility index (Phi) is 16.7. The number of halogens is 3. The summed E-state index contributed by atoms with van der Waals surface area (Å²) < 4.78 is 0. The van der Waals surface area contributed by atoms with Gasteiger partial charge in [-0.3, -0.25) is 4.79 Å². The molecule has 8 heteroatoms. The first-order valence-corrected chi connectivity index (χ1v) is 14.0. The minimum Gasteiger partial charge on any atom is -0.385 e. The Balaban J connectivity index is 0.00000181. The normalized spacial score (nSPS) is 9.79. The van der Waals surface area contributed by atoms with Gasteiger partial charge in [0.1, 0.15) is 0 Å². The van der Waals surface area contributed by atoms with Gasteiger partial charge in [-0.15, -0.1) is 0 Å². The van der Waals surface area contributed by atoms with E-state index < -0.39 is 0 Å². The highest BCUT2D eigenvalue weighted by molar-refractivity contribution is 6.34. The predicted molar refractivity (Wildman–Crippen MR) is 173 cm³/mol. The van der Waals surface area contributed by atoms with Gasteiger partial charge in [-0.05, 0) is 80.1 Å². The zero-order valence-corrected chi connectivity index (χ0v) is 25.3. The zero-order chi connectivity index (χ0) is 29.2. The van der Waals surface area contributed by atoms with E-state index in [0.717, 1.165) is 60.0 Å². The molecule has 0 amide bonds. The molecule has 0 fully saturated rings. The molecule has 0 spiro atoms. The molecule has 0 saturated heterocycles. The lowest BCUT2D eigenvalue weighted by atomic mass is 10.1. The van der Waals surface area contributed by atoms with Crippen molar-refractivity contribution in [1.29, 1.82) is 5.41 Å². The Morgan fingerprint density at radius 2 is 1.36 bits per heavy atom. The third-order valence-corrected chi connectivity index (χ3v) is 6.46. The van der Waals surface area contributed by atoms with Crippen molar-refractivity contribution in [2.24, 2.45) is 0 Å². The topological polar surface area (TPSA) is 68.2 Å². The number of hydrogen-bond acceptors (Lipinski definition) is 5. The molecular weight excluding hydrogens is 551 g/mol. The van der Waals surface area contributed by atoms with Gasteiger partial charge in [-0.1, -0.05) is 73.4 Å². The fourth-order valence-electron chi connectivity index (χ4n) is 3.67. The Bertz CT molecular complexity index is 1150. The number of likely N-dealkylation sites (N-methyl/N-ethyl adjacent to an activating group) is 1. The summed E-state index contributed by atoms with van der Waals surface area (Å²) in [5, 5.41) is 14.3. The molecule has 0 aliphatic heterocycles. The third kappa shape index (κ3) is 11.7. The van der Waals surface area contributed by atoms with Crippen molar-refractivity contribution in [2.45, 2.75) is 33.1 Å². The number of rotatable bonds is 13. The summed E-state index contributed by atoms with van der Waals surface area (Å²) in [5.74, 6) is 0.0165. The fourth-order valence-corrected chi connectivity index (χ4v) is 4.15. The largest absolute Gasteiger partial charge is 0.385 e. The molecule has 0 unspecified atom stereocenters. The number of ketones is 1. The lowest BCUT2D eigenvalue weighted by molar-refractivity contribution is 0.100. The summed E-state index contributed by atoms with van der Waals surface area (Å²) in [6.45, 7) is 12.5. The van der Waals surface area contributed by atoms with Crippen molar-refractivity contribution in [2.75, 3.05) is 36.9 Å². The zero-order valence-electron chi connectivity index (χ0n) is 23.0. The maximum atomic E-state index is 12.7. The second-order valence-corrected chi connectivity index (χ2v) is 9.60. The van der Waals surface area contributed by atoms with Crippen molar-refractivity contribution < 1.29 is 4.79 Å². The molecule has 3 aromatic rings. The van der Waals surface area contributed by atoms with Crippen molar-refractivity contribution >= 4 is 64.4 Å². The SMILES string of the molecule is C=C(NCCCCCNc1c(Cl)cccc1N(C)CC(=O)c1ccc(Cl)cc1)c1ccc(Cl)cc1.C=N.CC. The number of para-hydroxylation sites is 1. The van der Waals surface area contributed by atoms with E-state index in [0.29, 0.717) is 15.6 Å². The van der Waals surface area contributed by atoms with Crippen LogP contribution in [-0.2, 0) is 0 Å². The molecule has 0 saturated carbocycles. The summed E-state index contributed by atoms with van der Waals surface area (Å²) in [5.41, 5.74) is 4.30. The number of carbonyl (C=O) groups is 1. The van der Waals surface area contributed by atoms with Crippen LogP contribution in [0.2, 0.25) is 15.1 Å². The number of benzene rings is 3. The summed E-state index contributed by atoms with van der Waals surface area (Å²) in [7, 11) is 1.89. The summed E-state index contributed by atoms with van der Waals surface area (Å²) in [6, 6.07) is 20.3. The lowest BCUT2D eigenvalue weighted by Gasteiger charge is -2.23. The monoisotopic (exact) mass is 588 g/mol. The number of hydrogen-bond donors (Lipinski definition) is 3. The number of unbranched alkanes of at least 4 members (excludes halogenated alkanes) is 2. The summed E-state index contributed by atoms with van der Waals surface area (Å²) in [4.78, 5) is 14.6. The van der Waals surface area contributed by atoms with Gasteiger partial charge in [0.25, 0.3) is 0 Å². The highest BCUT2D eigenvalue weighted by atomic mass is 35.5. The van der Waals surface area contributed by atoms with Crippen LogP contribution < -0.4 is 15.5 Å². The molecule has 0 aliphatic carbocycles. The van der Waals surface area contributed by atoms with Crippen molar-refractivity contribution in [3.63, 3.8) is 0 Å². The Morgan fingerprint density at radius 3 is 1.95 bits per heavy atom. The Labute approximate surface area is 248 Å². The van der Waals surface area contributed by atoms with Crippen LogP contribution >= 0.6 is 34.8 Å². The molecule has 3 N–H and O–H groups in total. The first-order valence-electron chi connectivity index (χ1n) is 12.9. The van der Waals surface area contributed by atoms with Gasteiger partial charge in [0.2, 0.25) is 0 Å². The van der Waals surface area contributed by atoms with Crippen LogP contribution in [0.1, 0.15) is 49.0 Å². The van der Waals surface area contributed by atoms with E-state index in [4.69, 9.17) is 40.2 Å². The Morgan fingerprint density at radius 1 is 0.821 bits per heavy atom. The molecule has 0 bridgehead atoms. The summed E-state index contributed by atoms with van der Waals surface area (Å²) >= 11 is 18.4.